The molecule has 0 radical (unpaired) electrons. The fourth-order valence-corrected chi connectivity index (χ4v) is 1.99. The first-order valence-corrected chi connectivity index (χ1v) is 4.55. The van der Waals surface area contributed by atoms with Crippen LogP contribution in [0, 0.1) is 0 Å². The van der Waals surface area contributed by atoms with Crippen molar-refractivity contribution in [3.8, 4) is 0 Å². The molecule has 1 nitrogen and oxygen atoms in total. The molecule has 2 rings (SSSR count). The molecular formula is C7H5F2NS. The number of halogens is 2. The van der Waals surface area contributed by atoms with E-state index in [0.29, 0.717) is 5.69 Å². The molecule has 0 fully saturated rings. The lowest BCUT2D eigenvalue weighted by Gasteiger charge is -2.09. The number of hydrogen-bond acceptors (Lipinski definition) is 1. The lowest BCUT2D eigenvalue weighted by atomic mass is 10.3. The summed E-state index contributed by atoms with van der Waals surface area (Å²) in [5.41, 5.74) is 1.17. The van der Waals surface area contributed by atoms with E-state index in [0.717, 1.165) is 5.55 Å². The zero-order valence-corrected chi connectivity index (χ0v) is 6.31. The van der Waals surface area contributed by atoms with Gasteiger partial charge in [0, 0.05) is 0 Å². The van der Waals surface area contributed by atoms with Crippen molar-refractivity contribution >= 4 is 22.0 Å². The minimum atomic E-state index is -3.70. The van der Waals surface area contributed by atoms with Crippen LogP contribution < -0.4 is 0 Å². The van der Waals surface area contributed by atoms with Gasteiger partial charge >= 0.3 is 0 Å². The fraction of sp³-hybridized carbons (Fsp3) is 0. The van der Waals surface area contributed by atoms with Crippen LogP contribution in [0.15, 0.2) is 34.2 Å². The summed E-state index contributed by atoms with van der Waals surface area (Å²) in [4.78, 5) is 3.70. The van der Waals surface area contributed by atoms with Crippen LogP contribution in [-0.2, 0) is 0 Å². The average Bonchev–Trinajstić information content (AvgIpc) is 2.29. The largest absolute Gasteiger partial charge is 0.245 e. The van der Waals surface area contributed by atoms with Crippen LogP contribution in [0.25, 0.3) is 0 Å². The first-order valence-electron chi connectivity index (χ1n) is 3.06. The summed E-state index contributed by atoms with van der Waals surface area (Å²) >= 11 is 0. The molecular weight excluding hydrogens is 168 g/mol. The quantitative estimate of drug-likeness (QED) is 0.570. The molecule has 0 amide bonds. The first-order chi connectivity index (χ1) is 5.20. The zero-order chi connectivity index (χ0) is 7.90. The fourth-order valence-electron chi connectivity index (χ4n) is 0.974. The third kappa shape index (κ3) is 0.939. The summed E-state index contributed by atoms with van der Waals surface area (Å²) in [7, 11) is -3.70. The van der Waals surface area contributed by atoms with Gasteiger partial charge in [0.1, 0.15) is 16.3 Å². The lowest BCUT2D eigenvalue weighted by molar-refractivity contribution is 0.768. The Bertz CT molecular complexity index is 322. The lowest BCUT2D eigenvalue weighted by Crippen LogP contribution is -1.79. The molecule has 0 aliphatic carbocycles. The van der Waals surface area contributed by atoms with Crippen molar-refractivity contribution < 1.29 is 7.77 Å². The summed E-state index contributed by atoms with van der Waals surface area (Å²) < 4.78 is 25.7. The number of benzene rings is 1. The maximum absolute atomic E-state index is 12.9. The topological polar surface area (TPSA) is 12.4 Å². The van der Waals surface area contributed by atoms with E-state index < -0.39 is 10.8 Å². The minimum Gasteiger partial charge on any atom is -0.245 e. The Balaban J connectivity index is 2.64. The van der Waals surface area contributed by atoms with Gasteiger partial charge in [-0.3, -0.25) is 0 Å². The number of hydrogen-bond donors (Lipinski definition) is 0. The van der Waals surface area contributed by atoms with Crippen molar-refractivity contribution in [1.82, 2.24) is 0 Å². The van der Waals surface area contributed by atoms with Gasteiger partial charge in [-0.25, -0.2) is 4.99 Å². The van der Waals surface area contributed by atoms with Crippen molar-refractivity contribution in [2.24, 2.45) is 4.99 Å². The van der Waals surface area contributed by atoms with Gasteiger partial charge in [0.2, 0.25) is 0 Å². The van der Waals surface area contributed by atoms with Crippen molar-refractivity contribution in [2.45, 2.75) is 4.90 Å². The molecule has 1 aliphatic rings. The van der Waals surface area contributed by atoms with E-state index in [-0.39, 0.29) is 4.90 Å². The van der Waals surface area contributed by atoms with Gasteiger partial charge in [-0.15, -0.1) is 7.77 Å². The summed E-state index contributed by atoms with van der Waals surface area (Å²) in [6.07, 6.45) is 0. The van der Waals surface area contributed by atoms with Gasteiger partial charge in [-0.1, -0.05) is 12.1 Å². The zero-order valence-electron chi connectivity index (χ0n) is 5.50. The maximum atomic E-state index is 12.9. The summed E-state index contributed by atoms with van der Waals surface area (Å²) in [5.74, 6) is 0. The van der Waals surface area contributed by atoms with E-state index in [1.54, 1.807) is 18.2 Å². The summed E-state index contributed by atoms with van der Waals surface area (Å²) in [5, 5.41) is 0. The van der Waals surface area contributed by atoms with Crippen LogP contribution in [0.5, 0.6) is 0 Å². The molecule has 0 spiro atoms. The standard InChI is InChI=1S/C7H5F2NS/c8-11(9)5-10-6-3-1-2-4-7(6)11/h1-5H. The molecule has 0 saturated carbocycles. The highest BCUT2D eigenvalue weighted by atomic mass is 32.3. The second-order valence-electron chi connectivity index (χ2n) is 2.21. The van der Waals surface area contributed by atoms with E-state index in [1.165, 1.54) is 6.07 Å². The number of nitrogens with zero attached hydrogens (tertiary/aromatic N) is 1. The molecule has 1 aromatic carbocycles. The molecule has 58 valence electrons. The van der Waals surface area contributed by atoms with Gasteiger partial charge in [-0.05, 0) is 12.1 Å². The normalized spacial score (nSPS) is 21.3. The van der Waals surface area contributed by atoms with Gasteiger partial charge in [0.15, 0.2) is 0 Å². The van der Waals surface area contributed by atoms with Crippen LogP contribution in [0.2, 0.25) is 0 Å². The van der Waals surface area contributed by atoms with Gasteiger partial charge in [0.25, 0.3) is 0 Å². The predicted molar refractivity (Wildman–Crippen MR) is 42.7 cm³/mol. The molecule has 1 aromatic rings. The van der Waals surface area contributed by atoms with Crippen molar-refractivity contribution in [3.63, 3.8) is 0 Å². The predicted octanol–water partition coefficient (Wildman–Crippen LogP) is 3.29. The highest BCUT2D eigenvalue weighted by Gasteiger charge is 2.30. The molecule has 0 aromatic heterocycles. The van der Waals surface area contributed by atoms with E-state index in [4.69, 9.17) is 0 Å². The molecule has 11 heavy (non-hydrogen) atoms. The van der Waals surface area contributed by atoms with Gasteiger partial charge < -0.3 is 0 Å². The molecule has 1 aliphatic heterocycles. The van der Waals surface area contributed by atoms with Crippen molar-refractivity contribution in [1.29, 1.82) is 0 Å². The Morgan fingerprint density at radius 2 is 1.91 bits per heavy atom. The third-order valence-electron chi connectivity index (χ3n) is 1.48. The third-order valence-corrected chi connectivity index (χ3v) is 2.78. The summed E-state index contributed by atoms with van der Waals surface area (Å²) in [6.45, 7) is 0. The minimum absolute atomic E-state index is 0.0833. The monoisotopic (exact) mass is 173 g/mol. The van der Waals surface area contributed by atoms with Crippen molar-refractivity contribution in [3.05, 3.63) is 24.3 Å². The van der Waals surface area contributed by atoms with Crippen molar-refractivity contribution in [2.75, 3.05) is 0 Å². The molecule has 1 heterocycles. The number of fused-ring (bicyclic) bond motifs is 1. The molecule has 0 unspecified atom stereocenters. The average molecular weight is 173 g/mol. The smallest absolute Gasteiger partial charge is 0.126 e. The second kappa shape index (κ2) is 2.04. The number of rotatable bonds is 0. The van der Waals surface area contributed by atoms with E-state index in [9.17, 15) is 7.77 Å². The first kappa shape index (κ1) is 6.79. The number of aliphatic imine (C=N–C) groups is 1. The van der Waals surface area contributed by atoms with Crippen LogP contribution >= 0.6 is 10.8 Å². The Kier molecular flexibility index (Phi) is 1.26. The van der Waals surface area contributed by atoms with Crippen LogP contribution in [-0.4, -0.2) is 5.55 Å². The van der Waals surface area contributed by atoms with E-state index >= 15 is 0 Å². The molecule has 0 bridgehead atoms. The Morgan fingerprint density at radius 3 is 2.64 bits per heavy atom. The maximum Gasteiger partial charge on any atom is 0.126 e. The van der Waals surface area contributed by atoms with Crippen LogP contribution in [0.1, 0.15) is 0 Å². The second-order valence-corrected chi connectivity index (χ2v) is 3.88. The van der Waals surface area contributed by atoms with Crippen LogP contribution in [0.4, 0.5) is 13.5 Å². The van der Waals surface area contributed by atoms with Gasteiger partial charge in [0.05, 0.1) is 10.6 Å². The van der Waals surface area contributed by atoms with E-state index in [2.05, 4.69) is 4.99 Å². The molecule has 0 saturated heterocycles. The van der Waals surface area contributed by atoms with E-state index in [1.807, 2.05) is 0 Å². The number of para-hydroxylation sites is 1. The SMILES string of the molecule is FS1(F)C=Nc2ccccc21. The highest BCUT2D eigenvalue weighted by molar-refractivity contribution is 8.36. The molecule has 0 atom stereocenters. The molecule has 0 N–H and O–H groups in total. The highest BCUT2D eigenvalue weighted by Crippen LogP contribution is 2.63. The Hall–Kier alpha value is -0.900. The molecule has 4 heteroatoms. The van der Waals surface area contributed by atoms with Crippen LogP contribution in [0.3, 0.4) is 0 Å². The van der Waals surface area contributed by atoms with Gasteiger partial charge in [-0.2, -0.15) is 0 Å². The summed E-state index contributed by atoms with van der Waals surface area (Å²) in [6, 6.07) is 6.34. The Labute approximate surface area is 64.7 Å². The Morgan fingerprint density at radius 1 is 1.18 bits per heavy atom.